The number of hydrogen-bond acceptors (Lipinski definition) is 2. The van der Waals surface area contributed by atoms with E-state index >= 15 is 0 Å². The van der Waals surface area contributed by atoms with Crippen LogP contribution < -0.4 is 0 Å². The highest BCUT2D eigenvalue weighted by Crippen LogP contribution is 2.14. The minimum atomic E-state index is 0.245. The lowest BCUT2D eigenvalue weighted by Crippen LogP contribution is -2.52. The monoisotopic (exact) mass is 170 g/mol. The molecule has 3 heteroatoms. The van der Waals surface area contributed by atoms with Gasteiger partial charge in [0.15, 0.2) is 0 Å². The third kappa shape index (κ3) is 2.21. The SMILES string of the molecule is CC(C)(C)N1CCN(C=O)CC1. The largest absolute Gasteiger partial charge is 0.343 e. The average molecular weight is 170 g/mol. The van der Waals surface area contributed by atoms with Crippen LogP contribution in [0.1, 0.15) is 20.8 Å². The van der Waals surface area contributed by atoms with Crippen LogP contribution in [0.25, 0.3) is 0 Å². The van der Waals surface area contributed by atoms with E-state index in [0.717, 1.165) is 32.6 Å². The summed E-state index contributed by atoms with van der Waals surface area (Å²) in [6.07, 6.45) is 0.944. The maximum atomic E-state index is 10.4. The summed E-state index contributed by atoms with van der Waals surface area (Å²) in [6, 6.07) is 0. The number of rotatable bonds is 1. The fourth-order valence-corrected chi connectivity index (χ4v) is 1.50. The lowest BCUT2D eigenvalue weighted by Gasteiger charge is -2.41. The first-order chi connectivity index (χ1) is 5.54. The molecule has 0 N–H and O–H groups in total. The summed E-state index contributed by atoms with van der Waals surface area (Å²) in [6.45, 7) is 10.4. The minimum absolute atomic E-state index is 0.245. The zero-order chi connectivity index (χ0) is 9.19. The van der Waals surface area contributed by atoms with Crippen LogP contribution in [0, 0.1) is 0 Å². The van der Waals surface area contributed by atoms with Crippen molar-refractivity contribution in [2.45, 2.75) is 26.3 Å². The van der Waals surface area contributed by atoms with Crippen molar-refractivity contribution in [2.24, 2.45) is 0 Å². The second-order valence-electron chi connectivity index (χ2n) is 4.30. The van der Waals surface area contributed by atoms with Gasteiger partial charge in [-0.05, 0) is 20.8 Å². The average Bonchev–Trinajstić information content (AvgIpc) is 2.03. The zero-order valence-corrected chi connectivity index (χ0v) is 8.21. The van der Waals surface area contributed by atoms with Gasteiger partial charge < -0.3 is 4.90 Å². The summed E-state index contributed by atoms with van der Waals surface area (Å²) in [7, 11) is 0. The summed E-state index contributed by atoms with van der Waals surface area (Å²) in [4.78, 5) is 14.7. The van der Waals surface area contributed by atoms with E-state index in [2.05, 4.69) is 25.7 Å². The smallest absolute Gasteiger partial charge is 0.209 e. The Hall–Kier alpha value is -0.570. The Kier molecular flexibility index (Phi) is 2.73. The number of nitrogens with zero attached hydrogens (tertiary/aromatic N) is 2. The van der Waals surface area contributed by atoms with Gasteiger partial charge in [-0.15, -0.1) is 0 Å². The molecule has 1 fully saturated rings. The van der Waals surface area contributed by atoms with Crippen molar-refractivity contribution in [1.29, 1.82) is 0 Å². The van der Waals surface area contributed by atoms with Crippen molar-refractivity contribution in [3.05, 3.63) is 0 Å². The molecular formula is C9H18N2O. The molecule has 0 aromatic carbocycles. The van der Waals surface area contributed by atoms with E-state index in [1.54, 1.807) is 0 Å². The standard InChI is InChI=1S/C9H18N2O/c1-9(2,3)11-6-4-10(8-12)5-7-11/h8H,4-7H2,1-3H3. The van der Waals surface area contributed by atoms with E-state index in [4.69, 9.17) is 0 Å². The number of piperazine rings is 1. The highest BCUT2D eigenvalue weighted by molar-refractivity contribution is 5.47. The first-order valence-corrected chi connectivity index (χ1v) is 4.48. The van der Waals surface area contributed by atoms with Crippen LogP contribution in [0.3, 0.4) is 0 Å². The van der Waals surface area contributed by atoms with Crippen molar-refractivity contribution in [3.63, 3.8) is 0 Å². The molecule has 0 aromatic rings. The molecule has 70 valence electrons. The van der Waals surface area contributed by atoms with Crippen LogP contribution in [0.4, 0.5) is 0 Å². The highest BCUT2D eigenvalue weighted by Gasteiger charge is 2.24. The van der Waals surface area contributed by atoms with Gasteiger partial charge in [-0.2, -0.15) is 0 Å². The van der Waals surface area contributed by atoms with Crippen LogP contribution in [-0.2, 0) is 4.79 Å². The van der Waals surface area contributed by atoms with E-state index in [-0.39, 0.29) is 5.54 Å². The van der Waals surface area contributed by atoms with Crippen LogP contribution in [0.15, 0.2) is 0 Å². The van der Waals surface area contributed by atoms with Gasteiger partial charge in [0.25, 0.3) is 0 Å². The Bertz CT molecular complexity index is 154. The number of hydrogen-bond donors (Lipinski definition) is 0. The fourth-order valence-electron chi connectivity index (χ4n) is 1.50. The van der Waals surface area contributed by atoms with E-state index < -0.39 is 0 Å². The van der Waals surface area contributed by atoms with Crippen LogP contribution in [0.5, 0.6) is 0 Å². The normalized spacial score (nSPS) is 21.1. The Balaban J connectivity index is 2.41. The molecule has 0 saturated carbocycles. The first kappa shape index (κ1) is 9.52. The molecule has 1 aliphatic rings. The molecule has 1 heterocycles. The van der Waals surface area contributed by atoms with Gasteiger partial charge in [0.2, 0.25) is 6.41 Å². The molecule has 0 bridgehead atoms. The molecule has 0 aliphatic carbocycles. The molecule has 0 atom stereocenters. The first-order valence-electron chi connectivity index (χ1n) is 4.48. The zero-order valence-electron chi connectivity index (χ0n) is 8.21. The van der Waals surface area contributed by atoms with Gasteiger partial charge in [0, 0.05) is 31.7 Å². The summed E-state index contributed by atoms with van der Waals surface area (Å²) in [5.41, 5.74) is 0.245. The lowest BCUT2D eigenvalue weighted by molar-refractivity contribution is -0.120. The van der Waals surface area contributed by atoms with E-state index in [9.17, 15) is 4.79 Å². The second-order valence-corrected chi connectivity index (χ2v) is 4.30. The van der Waals surface area contributed by atoms with Gasteiger partial charge in [-0.3, -0.25) is 9.69 Å². The lowest BCUT2D eigenvalue weighted by atomic mass is 10.1. The third-order valence-corrected chi connectivity index (χ3v) is 2.41. The molecule has 1 rings (SSSR count). The molecular weight excluding hydrogens is 152 g/mol. The van der Waals surface area contributed by atoms with Gasteiger partial charge in [0.05, 0.1) is 0 Å². The highest BCUT2D eigenvalue weighted by atomic mass is 16.1. The van der Waals surface area contributed by atoms with Crippen molar-refractivity contribution < 1.29 is 4.79 Å². The third-order valence-electron chi connectivity index (χ3n) is 2.41. The second kappa shape index (κ2) is 3.44. The van der Waals surface area contributed by atoms with E-state index in [1.165, 1.54) is 0 Å². The van der Waals surface area contributed by atoms with Gasteiger partial charge >= 0.3 is 0 Å². The molecule has 0 radical (unpaired) electrons. The van der Waals surface area contributed by atoms with Crippen molar-refractivity contribution >= 4 is 6.41 Å². The number of carbonyl (C=O) groups excluding carboxylic acids is 1. The molecule has 0 unspecified atom stereocenters. The summed E-state index contributed by atoms with van der Waals surface area (Å²) in [5, 5.41) is 0. The number of amides is 1. The Morgan fingerprint density at radius 1 is 1.08 bits per heavy atom. The molecule has 1 saturated heterocycles. The van der Waals surface area contributed by atoms with Gasteiger partial charge in [-0.1, -0.05) is 0 Å². The predicted molar refractivity (Wildman–Crippen MR) is 49.0 cm³/mol. The molecule has 0 spiro atoms. The maximum Gasteiger partial charge on any atom is 0.209 e. The summed E-state index contributed by atoms with van der Waals surface area (Å²) >= 11 is 0. The van der Waals surface area contributed by atoms with Crippen molar-refractivity contribution in [2.75, 3.05) is 26.2 Å². The Labute approximate surface area is 74.3 Å². The van der Waals surface area contributed by atoms with E-state index in [0.29, 0.717) is 0 Å². The Morgan fingerprint density at radius 2 is 1.58 bits per heavy atom. The van der Waals surface area contributed by atoms with Crippen molar-refractivity contribution in [1.82, 2.24) is 9.80 Å². The van der Waals surface area contributed by atoms with Crippen LogP contribution in [-0.4, -0.2) is 47.9 Å². The van der Waals surface area contributed by atoms with E-state index in [1.807, 2.05) is 4.90 Å². The Morgan fingerprint density at radius 3 is 1.92 bits per heavy atom. The maximum absolute atomic E-state index is 10.4. The molecule has 1 amide bonds. The predicted octanol–water partition coefficient (Wildman–Crippen LogP) is 0.559. The molecule has 3 nitrogen and oxygen atoms in total. The number of carbonyl (C=O) groups is 1. The quantitative estimate of drug-likeness (QED) is 0.537. The molecule has 0 aromatic heterocycles. The van der Waals surface area contributed by atoms with Crippen LogP contribution >= 0.6 is 0 Å². The van der Waals surface area contributed by atoms with Crippen LogP contribution in [0.2, 0.25) is 0 Å². The van der Waals surface area contributed by atoms with Gasteiger partial charge in [0.1, 0.15) is 0 Å². The molecule has 1 aliphatic heterocycles. The van der Waals surface area contributed by atoms with Gasteiger partial charge in [-0.25, -0.2) is 0 Å². The molecule has 12 heavy (non-hydrogen) atoms. The summed E-state index contributed by atoms with van der Waals surface area (Å²) in [5.74, 6) is 0. The fraction of sp³-hybridized carbons (Fsp3) is 0.889. The topological polar surface area (TPSA) is 23.6 Å². The minimum Gasteiger partial charge on any atom is -0.343 e. The van der Waals surface area contributed by atoms with Crippen molar-refractivity contribution in [3.8, 4) is 0 Å². The summed E-state index contributed by atoms with van der Waals surface area (Å²) < 4.78 is 0.